The molecule has 0 bridgehead atoms. The number of rotatable bonds is 3. The van der Waals surface area contributed by atoms with Gasteiger partial charge in [0.15, 0.2) is 0 Å². The van der Waals surface area contributed by atoms with E-state index in [-0.39, 0.29) is 5.54 Å². The first kappa shape index (κ1) is 25.7. The Morgan fingerprint density at radius 2 is 1.89 bits per heavy atom. The Balaban J connectivity index is 0.000000364. The molecular weight excluding hydrogens is 481 g/mol. The van der Waals surface area contributed by atoms with Gasteiger partial charge in [-0.25, -0.2) is 14.8 Å². The van der Waals surface area contributed by atoms with Gasteiger partial charge in [0.2, 0.25) is 11.9 Å². The van der Waals surface area contributed by atoms with Crippen LogP contribution in [0.4, 0.5) is 19.1 Å². The molecule has 2 aliphatic heterocycles. The van der Waals surface area contributed by atoms with Gasteiger partial charge in [0.05, 0.1) is 16.4 Å². The van der Waals surface area contributed by atoms with Gasteiger partial charge in [-0.1, -0.05) is 19.3 Å². The summed E-state index contributed by atoms with van der Waals surface area (Å²) in [5, 5.41) is 9.20. The van der Waals surface area contributed by atoms with Crippen molar-refractivity contribution in [3.05, 3.63) is 17.6 Å². The summed E-state index contributed by atoms with van der Waals surface area (Å²) in [5.41, 5.74) is 1.12. The SMILES string of the molecule is O=C(O)C(F)(F)F.O=C1CCC2(CCCN(c3ncc4sccc4n3)CC2)N1CC1CCCCC1. The molecule has 1 spiro atoms. The lowest BCUT2D eigenvalue weighted by molar-refractivity contribution is -0.192. The fourth-order valence-electron chi connectivity index (χ4n) is 5.60. The Bertz CT molecular complexity index is 1040. The molecule has 1 saturated carbocycles. The number of nitrogens with zero attached hydrogens (tertiary/aromatic N) is 4. The van der Waals surface area contributed by atoms with Crippen molar-refractivity contribution >= 4 is 39.4 Å². The van der Waals surface area contributed by atoms with Gasteiger partial charge in [-0.2, -0.15) is 13.2 Å². The lowest BCUT2D eigenvalue weighted by atomic mass is 9.84. The molecule has 2 aromatic heterocycles. The molecule has 1 amide bonds. The van der Waals surface area contributed by atoms with E-state index in [1.54, 1.807) is 11.3 Å². The third-order valence-electron chi connectivity index (χ3n) is 7.48. The lowest BCUT2D eigenvalue weighted by Gasteiger charge is -2.40. The predicted molar refractivity (Wildman–Crippen MR) is 127 cm³/mol. The zero-order chi connectivity index (χ0) is 25.1. The first-order valence-corrected chi connectivity index (χ1v) is 13.1. The molecule has 5 rings (SSSR count). The standard InChI is InChI=1S/C22H30N4OS.C2HF3O2/c27-20-7-10-22(26(20)16-17-5-2-1-3-6-17)9-4-12-25(13-11-22)21-23-15-19-18(24-21)8-14-28-19;3-2(4,5)1(6)7/h8,14-15,17H,1-7,9-13,16H2;(H,6,7). The number of amides is 1. The maximum Gasteiger partial charge on any atom is 0.490 e. The van der Waals surface area contributed by atoms with Crippen LogP contribution in [0.1, 0.15) is 64.2 Å². The summed E-state index contributed by atoms with van der Waals surface area (Å²) in [6.45, 7) is 2.93. The van der Waals surface area contributed by atoms with Crippen molar-refractivity contribution in [2.24, 2.45) is 5.92 Å². The lowest BCUT2D eigenvalue weighted by Crippen LogP contribution is -2.48. The fraction of sp³-hybridized carbons (Fsp3) is 0.667. The molecular formula is C24H31F3N4O3S. The van der Waals surface area contributed by atoms with Crippen molar-refractivity contribution in [2.45, 2.75) is 75.9 Å². The normalized spacial score (nSPS) is 23.9. The second-order valence-electron chi connectivity index (χ2n) is 9.72. The second kappa shape index (κ2) is 10.7. The molecule has 2 saturated heterocycles. The molecule has 11 heteroatoms. The van der Waals surface area contributed by atoms with Crippen LogP contribution in [0.3, 0.4) is 0 Å². The third-order valence-corrected chi connectivity index (χ3v) is 8.32. The number of likely N-dealkylation sites (tertiary alicyclic amines) is 1. The summed E-state index contributed by atoms with van der Waals surface area (Å²) in [7, 11) is 0. The van der Waals surface area contributed by atoms with Crippen molar-refractivity contribution in [2.75, 3.05) is 24.5 Å². The van der Waals surface area contributed by atoms with Gasteiger partial charge in [0, 0.05) is 31.6 Å². The molecule has 35 heavy (non-hydrogen) atoms. The molecule has 1 aliphatic carbocycles. The number of thiophene rings is 1. The van der Waals surface area contributed by atoms with E-state index in [9.17, 15) is 18.0 Å². The van der Waals surface area contributed by atoms with Gasteiger partial charge in [0.25, 0.3) is 0 Å². The van der Waals surface area contributed by atoms with Gasteiger partial charge in [-0.05, 0) is 55.9 Å². The van der Waals surface area contributed by atoms with Crippen molar-refractivity contribution in [3.63, 3.8) is 0 Å². The van der Waals surface area contributed by atoms with E-state index in [0.717, 1.165) is 73.8 Å². The van der Waals surface area contributed by atoms with Crippen LogP contribution in [-0.4, -0.2) is 63.2 Å². The highest BCUT2D eigenvalue weighted by molar-refractivity contribution is 7.17. The summed E-state index contributed by atoms with van der Waals surface area (Å²) in [6, 6.07) is 2.08. The summed E-state index contributed by atoms with van der Waals surface area (Å²) >= 11 is 1.69. The van der Waals surface area contributed by atoms with Crippen molar-refractivity contribution in [1.29, 1.82) is 0 Å². The molecule has 0 radical (unpaired) electrons. The highest BCUT2D eigenvalue weighted by atomic mass is 32.1. The van der Waals surface area contributed by atoms with Gasteiger partial charge < -0.3 is 14.9 Å². The van der Waals surface area contributed by atoms with Crippen LogP contribution < -0.4 is 4.90 Å². The van der Waals surface area contributed by atoms with Crippen LogP contribution in [0, 0.1) is 5.92 Å². The molecule has 7 nitrogen and oxygen atoms in total. The van der Waals surface area contributed by atoms with E-state index in [1.807, 2.05) is 6.20 Å². The van der Waals surface area contributed by atoms with Crippen LogP contribution in [0.15, 0.2) is 17.6 Å². The number of hydrogen-bond donors (Lipinski definition) is 1. The Kier molecular flexibility index (Phi) is 7.83. The average molecular weight is 513 g/mol. The Labute approximate surface area is 206 Å². The number of aromatic nitrogens is 2. The number of fused-ring (bicyclic) bond motifs is 1. The van der Waals surface area contributed by atoms with Crippen molar-refractivity contribution < 1.29 is 27.9 Å². The zero-order valence-electron chi connectivity index (χ0n) is 19.6. The minimum atomic E-state index is -5.08. The summed E-state index contributed by atoms with van der Waals surface area (Å²) < 4.78 is 32.9. The van der Waals surface area contributed by atoms with Crippen LogP contribution in [0.2, 0.25) is 0 Å². The van der Waals surface area contributed by atoms with Crippen LogP contribution in [0.5, 0.6) is 0 Å². The van der Waals surface area contributed by atoms with Crippen molar-refractivity contribution in [3.8, 4) is 0 Å². The summed E-state index contributed by atoms with van der Waals surface area (Å²) in [4.78, 5) is 35.8. The molecule has 1 N–H and O–H groups in total. The Morgan fingerprint density at radius 3 is 2.60 bits per heavy atom. The van der Waals surface area contributed by atoms with E-state index in [1.165, 1.54) is 32.1 Å². The van der Waals surface area contributed by atoms with Gasteiger partial charge in [-0.15, -0.1) is 11.3 Å². The summed E-state index contributed by atoms with van der Waals surface area (Å²) in [6.07, 6.45) is 8.61. The van der Waals surface area contributed by atoms with Gasteiger partial charge in [-0.3, -0.25) is 4.79 Å². The number of hydrogen-bond acceptors (Lipinski definition) is 6. The first-order chi connectivity index (χ1) is 16.7. The van der Waals surface area contributed by atoms with E-state index >= 15 is 0 Å². The predicted octanol–water partition coefficient (Wildman–Crippen LogP) is 5.26. The van der Waals surface area contributed by atoms with Crippen molar-refractivity contribution in [1.82, 2.24) is 14.9 Å². The third kappa shape index (κ3) is 6.05. The number of carboxylic acids is 1. The minimum absolute atomic E-state index is 0.0791. The Morgan fingerprint density at radius 1 is 1.14 bits per heavy atom. The maximum absolute atomic E-state index is 12.8. The van der Waals surface area contributed by atoms with E-state index < -0.39 is 12.1 Å². The van der Waals surface area contributed by atoms with Crippen LogP contribution >= 0.6 is 11.3 Å². The van der Waals surface area contributed by atoms with E-state index in [0.29, 0.717) is 5.91 Å². The topological polar surface area (TPSA) is 86.6 Å². The molecule has 1 atom stereocenters. The van der Waals surface area contributed by atoms with Crippen LogP contribution in [-0.2, 0) is 9.59 Å². The van der Waals surface area contributed by atoms with E-state index in [4.69, 9.17) is 14.9 Å². The number of anilines is 1. The van der Waals surface area contributed by atoms with Gasteiger partial charge in [0.1, 0.15) is 0 Å². The molecule has 1 unspecified atom stereocenters. The highest BCUT2D eigenvalue weighted by Crippen LogP contribution is 2.41. The smallest absolute Gasteiger partial charge is 0.475 e. The minimum Gasteiger partial charge on any atom is -0.475 e. The maximum atomic E-state index is 12.8. The Hall–Kier alpha value is -2.43. The summed E-state index contributed by atoms with van der Waals surface area (Å²) in [5.74, 6) is -0.787. The van der Waals surface area contributed by atoms with E-state index in [2.05, 4.69) is 26.2 Å². The largest absolute Gasteiger partial charge is 0.490 e. The molecule has 3 fully saturated rings. The number of carbonyl (C=O) groups excluding carboxylic acids is 1. The van der Waals surface area contributed by atoms with Gasteiger partial charge >= 0.3 is 12.1 Å². The zero-order valence-corrected chi connectivity index (χ0v) is 20.4. The fourth-order valence-corrected chi connectivity index (χ4v) is 6.30. The number of aliphatic carboxylic acids is 1. The molecule has 0 aromatic carbocycles. The molecule has 3 aliphatic rings. The molecule has 192 valence electrons. The van der Waals surface area contributed by atoms with Crippen LogP contribution in [0.25, 0.3) is 10.2 Å². The number of carbonyl (C=O) groups is 2. The molecule has 2 aromatic rings. The molecule has 4 heterocycles. The monoisotopic (exact) mass is 512 g/mol. The quantitative estimate of drug-likeness (QED) is 0.604. The second-order valence-corrected chi connectivity index (χ2v) is 10.7. The number of alkyl halides is 3. The highest BCUT2D eigenvalue weighted by Gasteiger charge is 2.46. The number of halogens is 3. The number of carboxylic acid groups (broad SMARTS) is 1. The average Bonchev–Trinajstić information content (AvgIpc) is 3.34. The first-order valence-electron chi connectivity index (χ1n) is 12.2.